The Kier molecular flexibility index (Phi) is 12.4. The molecule has 3 aliphatic heterocycles. The number of piperazine rings is 1. The number of fused-ring (bicyclic) bond motifs is 3. The van der Waals surface area contributed by atoms with Gasteiger partial charge in [-0.2, -0.15) is 23.1 Å². The number of halogens is 3. The summed E-state index contributed by atoms with van der Waals surface area (Å²) in [5, 5.41) is 16.1. The molecule has 4 fully saturated rings. The van der Waals surface area contributed by atoms with E-state index in [1.165, 1.54) is 13.0 Å². The average Bonchev–Trinajstić information content (AvgIpc) is 3.60. The first kappa shape index (κ1) is 43.7. The van der Waals surface area contributed by atoms with E-state index in [0.717, 1.165) is 62.7 Å². The van der Waals surface area contributed by atoms with Gasteiger partial charge in [0.15, 0.2) is 5.75 Å². The predicted molar refractivity (Wildman–Crippen MR) is 237 cm³/mol. The molecule has 3 saturated heterocycles. The molecule has 2 aromatic carbocycles. The smallest absolute Gasteiger partial charge is 0.418 e. The monoisotopic (exact) mass is 882 g/mol. The summed E-state index contributed by atoms with van der Waals surface area (Å²) in [7, 11) is 0. The molecule has 0 spiro atoms. The molecule has 1 saturated carbocycles. The van der Waals surface area contributed by atoms with Gasteiger partial charge in [-0.1, -0.05) is 50.3 Å². The standard InChI is InChI=1S/C47H57F3N10O4/c1-26(2)43(27(3)6-5-15-52-25-61)60-23-37(57-58-60)31-9-7-29(8-10-31)24-63-44-39(42-40(47(48,49)50)28(4)18-38(51)54-42)35(30-11-12-30)20-36-41(44)55-46(64-34-13-16-62-17-14-34)56-45(36)59-22-32-19-33(59)21-53-32/h7-10,18,20,23,25-27,30,32-34,43,53H,5-6,11-17,19,21-22,24H2,1-4H3,(H2,51,54)(H,52,61). The number of nitrogens with two attached hydrogens (primary N) is 1. The third kappa shape index (κ3) is 9.05. The third-order valence-electron chi connectivity index (χ3n) is 13.3. The number of alkyl halides is 3. The van der Waals surface area contributed by atoms with Crippen LogP contribution in [0.25, 0.3) is 33.4 Å². The number of benzene rings is 2. The Balaban J connectivity index is 1.12. The molecule has 0 radical (unpaired) electrons. The molecule has 340 valence electrons. The Morgan fingerprint density at radius 3 is 2.52 bits per heavy atom. The van der Waals surface area contributed by atoms with Crippen molar-refractivity contribution in [1.29, 1.82) is 0 Å². The van der Waals surface area contributed by atoms with Gasteiger partial charge in [0, 0.05) is 61.1 Å². The van der Waals surface area contributed by atoms with E-state index < -0.39 is 11.7 Å². The van der Waals surface area contributed by atoms with Gasteiger partial charge in [-0.3, -0.25) is 4.79 Å². The lowest BCUT2D eigenvalue weighted by molar-refractivity contribution is -0.137. The summed E-state index contributed by atoms with van der Waals surface area (Å²) in [5.41, 5.74) is 8.79. The molecule has 64 heavy (non-hydrogen) atoms. The van der Waals surface area contributed by atoms with E-state index in [4.69, 9.17) is 29.9 Å². The van der Waals surface area contributed by atoms with Crippen molar-refractivity contribution >= 4 is 28.9 Å². The molecule has 4 atom stereocenters. The maximum absolute atomic E-state index is 15.2. The maximum Gasteiger partial charge on any atom is 0.418 e. The van der Waals surface area contributed by atoms with Crippen LogP contribution in [0.4, 0.5) is 24.8 Å². The van der Waals surface area contributed by atoms with Crippen molar-refractivity contribution in [3.8, 4) is 34.3 Å². The second-order valence-corrected chi connectivity index (χ2v) is 18.3. The van der Waals surface area contributed by atoms with Gasteiger partial charge in [0.1, 0.15) is 35.6 Å². The number of hydrogen-bond acceptors (Lipinski definition) is 12. The average molecular weight is 883 g/mol. The minimum Gasteiger partial charge on any atom is -0.486 e. The zero-order valence-electron chi connectivity index (χ0n) is 36.8. The molecule has 2 bridgehead atoms. The summed E-state index contributed by atoms with van der Waals surface area (Å²) in [5.74, 6) is 1.44. The number of pyridine rings is 1. The molecule has 1 aliphatic carbocycles. The van der Waals surface area contributed by atoms with E-state index in [1.54, 1.807) is 0 Å². The molecule has 6 heterocycles. The number of aryl methyl sites for hydroxylation is 1. The van der Waals surface area contributed by atoms with Gasteiger partial charge in [0.05, 0.1) is 36.7 Å². The number of hydrogen-bond donors (Lipinski definition) is 3. The highest BCUT2D eigenvalue weighted by atomic mass is 19.4. The molecule has 1 amide bonds. The van der Waals surface area contributed by atoms with Crippen LogP contribution in [0.15, 0.2) is 42.6 Å². The third-order valence-corrected chi connectivity index (χ3v) is 13.3. The molecule has 4 aliphatic rings. The van der Waals surface area contributed by atoms with Crippen LogP contribution in [0.2, 0.25) is 0 Å². The van der Waals surface area contributed by atoms with Gasteiger partial charge in [-0.05, 0) is 85.6 Å². The fourth-order valence-corrected chi connectivity index (χ4v) is 10.1. The highest BCUT2D eigenvalue weighted by Gasteiger charge is 2.43. The lowest BCUT2D eigenvalue weighted by atomic mass is 9.88. The second kappa shape index (κ2) is 18.1. The topological polar surface area (TPSA) is 167 Å². The van der Waals surface area contributed by atoms with Crippen LogP contribution >= 0.6 is 0 Å². The molecule has 4 unspecified atom stereocenters. The highest BCUT2D eigenvalue weighted by Crippen LogP contribution is 2.53. The Morgan fingerprint density at radius 2 is 1.84 bits per heavy atom. The van der Waals surface area contributed by atoms with E-state index in [0.29, 0.717) is 78.5 Å². The number of nitrogen functional groups attached to an aromatic ring is 1. The van der Waals surface area contributed by atoms with Crippen LogP contribution in [0.1, 0.15) is 99.9 Å². The normalized spacial score (nSPS) is 20.0. The summed E-state index contributed by atoms with van der Waals surface area (Å²) in [6.07, 6.45) is 3.47. The van der Waals surface area contributed by atoms with Gasteiger partial charge >= 0.3 is 12.2 Å². The zero-order chi connectivity index (χ0) is 44.7. The molecule has 14 nitrogen and oxygen atoms in total. The van der Waals surface area contributed by atoms with Gasteiger partial charge in [0.2, 0.25) is 6.41 Å². The first-order chi connectivity index (χ1) is 30.9. The van der Waals surface area contributed by atoms with Crippen molar-refractivity contribution in [2.45, 2.75) is 116 Å². The molecule has 5 aromatic rings. The van der Waals surface area contributed by atoms with Gasteiger partial charge in [-0.25, -0.2) is 9.67 Å². The van der Waals surface area contributed by atoms with Crippen molar-refractivity contribution in [2.75, 3.05) is 43.5 Å². The highest BCUT2D eigenvalue weighted by molar-refractivity contribution is 6.01. The minimum atomic E-state index is -4.73. The van der Waals surface area contributed by atoms with Crippen LogP contribution in [0.3, 0.4) is 0 Å². The van der Waals surface area contributed by atoms with Crippen LogP contribution in [0.5, 0.6) is 11.8 Å². The number of ether oxygens (including phenoxy) is 3. The van der Waals surface area contributed by atoms with Gasteiger partial charge in [0.25, 0.3) is 0 Å². The van der Waals surface area contributed by atoms with Crippen LogP contribution in [0, 0.1) is 18.8 Å². The molecule has 17 heteroatoms. The number of aromatic nitrogens is 6. The largest absolute Gasteiger partial charge is 0.486 e. The fraction of sp³-hybridized carbons (Fsp3) is 0.532. The Bertz CT molecular complexity index is 2470. The van der Waals surface area contributed by atoms with Gasteiger partial charge < -0.3 is 35.5 Å². The van der Waals surface area contributed by atoms with E-state index in [-0.39, 0.29) is 65.1 Å². The first-order valence-electron chi connectivity index (χ1n) is 22.6. The van der Waals surface area contributed by atoms with E-state index >= 15 is 13.2 Å². The van der Waals surface area contributed by atoms with E-state index in [2.05, 4.69) is 51.6 Å². The molecule has 3 aromatic heterocycles. The lowest BCUT2D eigenvalue weighted by Gasteiger charge is -2.31. The number of carbonyl (C=O) groups is 1. The number of amides is 1. The van der Waals surface area contributed by atoms with E-state index in [1.807, 2.05) is 41.2 Å². The molecule has 4 N–H and O–H groups in total. The van der Waals surface area contributed by atoms with Gasteiger partial charge in [-0.15, -0.1) is 5.10 Å². The Morgan fingerprint density at radius 1 is 1.06 bits per heavy atom. The minimum absolute atomic E-state index is 0.0143. The number of carbonyl (C=O) groups excluding carboxylic acids is 1. The van der Waals surface area contributed by atoms with E-state index in [9.17, 15) is 4.79 Å². The maximum atomic E-state index is 15.2. The molecular formula is C47H57F3N10O4. The number of nitrogens with zero attached hydrogens (tertiary/aromatic N) is 7. The van der Waals surface area contributed by atoms with Crippen LogP contribution in [-0.4, -0.2) is 87.4 Å². The lowest BCUT2D eigenvalue weighted by Crippen LogP contribution is -2.44. The summed E-state index contributed by atoms with van der Waals surface area (Å²) in [4.78, 5) is 27.6. The summed E-state index contributed by atoms with van der Waals surface area (Å²) < 4.78 is 66.5. The fourth-order valence-electron chi connectivity index (χ4n) is 10.1. The first-order valence-corrected chi connectivity index (χ1v) is 22.6. The number of nitrogens with one attached hydrogen (secondary N) is 2. The number of anilines is 2. The van der Waals surface area contributed by atoms with Crippen molar-refractivity contribution in [1.82, 2.24) is 40.6 Å². The molecule has 9 rings (SSSR count). The van der Waals surface area contributed by atoms with Crippen molar-refractivity contribution in [3.05, 3.63) is 64.8 Å². The summed E-state index contributed by atoms with van der Waals surface area (Å²) in [6, 6.07) is 11.8. The Hall–Kier alpha value is -5.55. The van der Waals surface area contributed by atoms with Crippen LogP contribution in [-0.2, 0) is 22.3 Å². The second-order valence-electron chi connectivity index (χ2n) is 18.3. The molecular weight excluding hydrogens is 826 g/mol. The summed E-state index contributed by atoms with van der Waals surface area (Å²) >= 11 is 0. The number of rotatable bonds is 17. The zero-order valence-corrected chi connectivity index (χ0v) is 36.8. The quantitative estimate of drug-likeness (QED) is 0.0614. The van der Waals surface area contributed by atoms with Crippen molar-refractivity contribution < 1.29 is 32.2 Å². The SMILES string of the molecule is Cc1cc(N)nc(-c2c(C3CC3)cc3c(N4CC5CC4CN5)nc(OC4CCOCC4)nc3c2OCc2ccc(-c3cn(C(C(C)C)C(C)CCCNC=O)nn3)cc2)c1C(F)(F)F. The van der Waals surface area contributed by atoms with Crippen molar-refractivity contribution in [2.24, 2.45) is 11.8 Å². The predicted octanol–water partition coefficient (Wildman–Crippen LogP) is 7.78. The Labute approximate surface area is 370 Å². The summed E-state index contributed by atoms with van der Waals surface area (Å²) in [6.45, 7) is 11.2. The van der Waals surface area contributed by atoms with Crippen molar-refractivity contribution in [3.63, 3.8) is 0 Å². The van der Waals surface area contributed by atoms with Crippen LogP contribution < -0.4 is 30.7 Å².